The van der Waals surface area contributed by atoms with Gasteiger partial charge in [-0.3, -0.25) is 0 Å². The number of nitrogens with one attached hydrogen (secondary N) is 2. The highest BCUT2D eigenvalue weighted by Gasteiger charge is 2.38. The van der Waals surface area contributed by atoms with E-state index in [4.69, 9.17) is 9.47 Å². The second-order valence-electron chi connectivity index (χ2n) is 11.6. The number of aliphatic hydroxyl groups is 1. The third-order valence-electron chi connectivity index (χ3n) is 8.40. The number of nitrogens with zero attached hydrogens (tertiary/aromatic N) is 1. The van der Waals surface area contributed by atoms with Crippen LogP contribution >= 0.6 is 11.8 Å². The highest BCUT2D eigenvalue weighted by Crippen LogP contribution is 2.43. The number of benzene rings is 4. The van der Waals surface area contributed by atoms with E-state index in [-0.39, 0.29) is 30.8 Å². The summed E-state index contributed by atoms with van der Waals surface area (Å²) in [6.07, 6.45) is 0.988. The van der Waals surface area contributed by atoms with E-state index >= 15 is 0 Å². The second kappa shape index (κ2) is 15.9. The first-order valence-corrected chi connectivity index (χ1v) is 16.8. The minimum absolute atomic E-state index is 0.00340. The van der Waals surface area contributed by atoms with Gasteiger partial charge in [0.15, 0.2) is 6.29 Å². The van der Waals surface area contributed by atoms with Crippen molar-refractivity contribution in [2.24, 2.45) is 5.92 Å². The molecule has 1 aromatic heterocycles. The molecule has 2 amide bonds. The molecule has 1 aliphatic heterocycles. The van der Waals surface area contributed by atoms with Gasteiger partial charge in [0.25, 0.3) is 0 Å². The quantitative estimate of drug-likeness (QED) is 0.127. The van der Waals surface area contributed by atoms with Crippen molar-refractivity contribution >= 4 is 17.8 Å². The second-order valence-corrected chi connectivity index (χ2v) is 12.6. The van der Waals surface area contributed by atoms with E-state index in [2.05, 4.69) is 52.9 Å². The predicted molar refractivity (Wildman–Crippen MR) is 185 cm³/mol. The molecule has 4 aromatic carbocycles. The topological polar surface area (TPSA) is 92.7 Å². The van der Waals surface area contributed by atoms with Gasteiger partial charge in [0, 0.05) is 36.5 Å². The van der Waals surface area contributed by atoms with Crippen LogP contribution in [-0.2, 0) is 29.2 Å². The third-order valence-corrected chi connectivity index (χ3v) is 9.44. The minimum atomic E-state index is -0.553. The molecular weight excluding hydrogens is 607 g/mol. The Kier molecular flexibility index (Phi) is 11.0. The van der Waals surface area contributed by atoms with Gasteiger partial charge in [0.2, 0.25) is 0 Å². The van der Waals surface area contributed by atoms with E-state index in [1.807, 2.05) is 97.2 Å². The number of ether oxygens (including phenoxy) is 2. The fourth-order valence-corrected chi connectivity index (χ4v) is 6.73. The Bertz CT molecular complexity index is 1720. The first-order valence-electron chi connectivity index (χ1n) is 15.9. The van der Waals surface area contributed by atoms with Crippen LogP contribution < -0.4 is 10.6 Å². The van der Waals surface area contributed by atoms with Gasteiger partial charge in [-0.15, -0.1) is 11.8 Å². The van der Waals surface area contributed by atoms with Gasteiger partial charge in [0.1, 0.15) is 0 Å². The molecule has 4 atom stereocenters. The van der Waals surface area contributed by atoms with E-state index in [0.29, 0.717) is 13.1 Å². The van der Waals surface area contributed by atoms with E-state index in [1.165, 1.54) is 0 Å². The molecule has 5 aromatic rings. The molecule has 0 radical (unpaired) electrons. The summed E-state index contributed by atoms with van der Waals surface area (Å²) in [4.78, 5) is 17.0. The number of hydrogen-bond donors (Lipinski definition) is 3. The fourth-order valence-electron chi connectivity index (χ4n) is 5.70. The van der Waals surface area contributed by atoms with E-state index in [0.717, 1.165) is 49.7 Å². The number of urea groups is 1. The lowest BCUT2D eigenvalue weighted by atomic mass is 9.91. The Morgan fingerprint density at radius 1 is 0.766 bits per heavy atom. The Balaban J connectivity index is 1.16. The zero-order valence-corrected chi connectivity index (χ0v) is 27.1. The van der Waals surface area contributed by atoms with Crippen LogP contribution in [0.25, 0.3) is 11.1 Å². The van der Waals surface area contributed by atoms with Crippen molar-refractivity contribution < 1.29 is 19.4 Å². The summed E-state index contributed by atoms with van der Waals surface area (Å²) in [6.45, 7) is 3.04. The molecule has 0 aliphatic carbocycles. The number of rotatable bonds is 11. The molecule has 0 saturated carbocycles. The molecule has 8 heteroatoms. The molecule has 7 nitrogen and oxygen atoms in total. The molecule has 1 aliphatic rings. The molecular formula is C39H39N3O4S. The van der Waals surface area contributed by atoms with Crippen molar-refractivity contribution in [1.29, 1.82) is 0 Å². The third kappa shape index (κ3) is 8.47. The number of carbonyl (C=O) groups excluding carboxylic acids is 1. The molecule has 4 unspecified atom stereocenters. The molecule has 47 heavy (non-hydrogen) atoms. The van der Waals surface area contributed by atoms with Crippen LogP contribution in [0.5, 0.6) is 0 Å². The van der Waals surface area contributed by atoms with Gasteiger partial charge in [-0.1, -0.05) is 116 Å². The van der Waals surface area contributed by atoms with Crippen molar-refractivity contribution in [3.8, 4) is 11.1 Å². The van der Waals surface area contributed by atoms with Gasteiger partial charge in [-0.2, -0.15) is 0 Å². The Labute approximate surface area is 280 Å². The maximum Gasteiger partial charge on any atom is 0.315 e. The summed E-state index contributed by atoms with van der Waals surface area (Å²) in [7, 11) is 0. The molecule has 0 spiro atoms. The zero-order chi connectivity index (χ0) is 32.4. The van der Waals surface area contributed by atoms with Crippen LogP contribution in [0.2, 0.25) is 0 Å². The van der Waals surface area contributed by atoms with E-state index in [9.17, 15) is 9.90 Å². The van der Waals surface area contributed by atoms with Crippen molar-refractivity contribution in [2.45, 2.75) is 50.1 Å². The van der Waals surface area contributed by atoms with E-state index < -0.39 is 6.29 Å². The Morgan fingerprint density at radius 2 is 1.47 bits per heavy atom. The summed E-state index contributed by atoms with van der Waals surface area (Å²) in [5, 5.41) is 16.4. The molecule has 0 bridgehead atoms. The fraction of sp³-hybridized carbons (Fsp3) is 0.231. The SMILES string of the molecule is CC1C(CSc2ccccn2)OC(c2ccc(-c3ccccc3CNC(=O)NCc3ccccc3)cc2)OC1c1ccc(CO)cc1. The lowest BCUT2D eigenvalue weighted by Crippen LogP contribution is -2.38. The van der Waals surface area contributed by atoms with Crippen molar-refractivity contribution in [2.75, 3.05) is 5.75 Å². The summed E-state index contributed by atoms with van der Waals surface area (Å²) in [6, 6.07) is 39.9. The highest BCUT2D eigenvalue weighted by molar-refractivity contribution is 7.99. The molecule has 1 saturated heterocycles. The Hall–Kier alpha value is -4.47. The van der Waals surface area contributed by atoms with Crippen molar-refractivity contribution in [3.05, 3.63) is 155 Å². The molecule has 2 heterocycles. The largest absolute Gasteiger partial charge is 0.392 e. The number of aromatic nitrogens is 1. The number of carbonyl (C=O) groups is 1. The van der Waals surface area contributed by atoms with Gasteiger partial charge in [0.05, 0.1) is 23.8 Å². The number of aliphatic hydroxyl groups excluding tert-OH is 1. The monoisotopic (exact) mass is 645 g/mol. The van der Waals surface area contributed by atoms with Crippen LogP contribution in [-0.4, -0.2) is 28.0 Å². The van der Waals surface area contributed by atoms with Crippen LogP contribution in [0.1, 0.15) is 47.1 Å². The van der Waals surface area contributed by atoms with Gasteiger partial charge in [-0.25, -0.2) is 9.78 Å². The lowest BCUT2D eigenvalue weighted by molar-refractivity contribution is -0.268. The first kappa shape index (κ1) is 32.5. The highest BCUT2D eigenvalue weighted by atomic mass is 32.2. The summed E-state index contributed by atoms with van der Waals surface area (Å²) < 4.78 is 13.3. The predicted octanol–water partition coefficient (Wildman–Crippen LogP) is 7.82. The summed E-state index contributed by atoms with van der Waals surface area (Å²) in [5.41, 5.74) is 7.01. The van der Waals surface area contributed by atoms with Crippen LogP contribution in [0, 0.1) is 5.92 Å². The molecule has 6 rings (SSSR count). The maximum absolute atomic E-state index is 12.5. The molecule has 240 valence electrons. The van der Waals surface area contributed by atoms with Gasteiger partial charge in [-0.05, 0) is 45.5 Å². The number of hydrogen-bond acceptors (Lipinski definition) is 6. The number of pyridine rings is 1. The smallest absolute Gasteiger partial charge is 0.315 e. The summed E-state index contributed by atoms with van der Waals surface area (Å²) >= 11 is 1.68. The van der Waals surface area contributed by atoms with Crippen LogP contribution in [0.4, 0.5) is 4.79 Å². The average molecular weight is 646 g/mol. The summed E-state index contributed by atoms with van der Waals surface area (Å²) in [5.74, 6) is 0.826. The van der Waals surface area contributed by atoms with Crippen LogP contribution in [0.15, 0.2) is 133 Å². The number of amides is 2. The van der Waals surface area contributed by atoms with Gasteiger partial charge >= 0.3 is 6.03 Å². The molecule has 1 fully saturated rings. The Morgan fingerprint density at radius 3 is 2.21 bits per heavy atom. The lowest BCUT2D eigenvalue weighted by Gasteiger charge is -2.41. The van der Waals surface area contributed by atoms with Crippen LogP contribution in [0.3, 0.4) is 0 Å². The van der Waals surface area contributed by atoms with Crippen molar-refractivity contribution in [3.63, 3.8) is 0 Å². The first-order chi connectivity index (χ1) is 23.1. The normalized spacial score (nSPS) is 19.2. The molecule has 3 N–H and O–H groups in total. The van der Waals surface area contributed by atoms with E-state index in [1.54, 1.807) is 11.8 Å². The van der Waals surface area contributed by atoms with Gasteiger partial charge < -0.3 is 25.2 Å². The standard InChI is InChI=1S/C39H39N3O4S/c1-27-35(26-47-36-13-7-8-22-40-36)45-38(46-37(27)31-16-14-29(25-43)15-17-31)32-20-18-30(19-21-32)34-12-6-5-11-33(34)24-42-39(44)41-23-28-9-3-2-4-10-28/h2-22,27,35,37-38,43H,23-26H2,1H3,(H2,41,42,44). The zero-order valence-electron chi connectivity index (χ0n) is 26.3. The van der Waals surface area contributed by atoms with Crippen molar-refractivity contribution in [1.82, 2.24) is 15.6 Å². The number of thioether (sulfide) groups is 1. The minimum Gasteiger partial charge on any atom is -0.392 e. The average Bonchev–Trinajstić information content (AvgIpc) is 3.14. The maximum atomic E-state index is 12.5.